The summed E-state index contributed by atoms with van der Waals surface area (Å²) in [7, 11) is 0. The number of aromatic nitrogens is 2. The second-order valence-electron chi connectivity index (χ2n) is 5.76. The van der Waals surface area contributed by atoms with Crippen LogP contribution in [0, 0.1) is 6.92 Å². The molecule has 21 heavy (non-hydrogen) atoms. The Morgan fingerprint density at radius 1 is 1.48 bits per heavy atom. The minimum absolute atomic E-state index is 0.00449. The summed E-state index contributed by atoms with van der Waals surface area (Å²) >= 11 is 0. The van der Waals surface area contributed by atoms with Crippen molar-refractivity contribution in [3.05, 3.63) is 23.3 Å². The van der Waals surface area contributed by atoms with Crippen molar-refractivity contribution >= 4 is 11.9 Å². The van der Waals surface area contributed by atoms with Crippen LogP contribution in [-0.2, 0) is 4.79 Å². The molecule has 2 rings (SSSR count). The molecule has 1 aromatic heterocycles. The van der Waals surface area contributed by atoms with E-state index in [1.165, 1.54) is 0 Å². The first-order valence-electron chi connectivity index (χ1n) is 7.26. The van der Waals surface area contributed by atoms with Crippen LogP contribution in [-0.4, -0.2) is 44.4 Å². The molecule has 2 heterocycles. The van der Waals surface area contributed by atoms with Gasteiger partial charge in [0.05, 0.1) is 17.7 Å². The number of amides is 1. The van der Waals surface area contributed by atoms with E-state index in [-0.39, 0.29) is 24.3 Å². The first-order valence-corrected chi connectivity index (χ1v) is 7.26. The van der Waals surface area contributed by atoms with Gasteiger partial charge in [0.25, 0.3) is 5.91 Å². The van der Waals surface area contributed by atoms with Crippen molar-refractivity contribution in [3.63, 3.8) is 0 Å². The highest BCUT2D eigenvalue weighted by Crippen LogP contribution is 2.25. The molecule has 6 nitrogen and oxygen atoms in total. The fourth-order valence-corrected chi connectivity index (χ4v) is 2.76. The molecule has 6 heteroatoms. The van der Waals surface area contributed by atoms with Crippen LogP contribution >= 0.6 is 0 Å². The Labute approximate surface area is 124 Å². The number of hydrogen-bond donors (Lipinski definition) is 1. The molecule has 1 N–H and O–H groups in total. The molecule has 1 unspecified atom stereocenters. The third-order valence-electron chi connectivity index (χ3n) is 3.76. The van der Waals surface area contributed by atoms with Crippen LogP contribution in [0.5, 0.6) is 0 Å². The summed E-state index contributed by atoms with van der Waals surface area (Å²) in [6.45, 7) is 6.36. The molecule has 1 atom stereocenters. The Kier molecular flexibility index (Phi) is 4.55. The van der Waals surface area contributed by atoms with Crippen molar-refractivity contribution in [2.24, 2.45) is 0 Å². The maximum atomic E-state index is 12.7. The number of rotatable bonds is 4. The van der Waals surface area contributed by atoms with Gasteiger partial charge in [-0.25, -0.2) is 9.97 Å². The number of carboxylic acids is 1. The van der Waals surface area contributed by atoms with Gasteiger partial charge in [-0.15, -0.1) is 0 Å². The molecular formula is C15H21N3O3. The average Bonchev–Trinajstić information content (AvgIpc) is 2.85. The van der Waals surface area contributed by atoms with Gasteiger partial charge in [-0.05, 0) is 25.7 Å². The molecule has 1 aromatic rings. The smallest absolute Gasteiger partial charge is 0.305 e. The number of nitrogens with zero attached hydrogens (tertiary/aromatic N) is 3. The maximum absolute atomic E-state index is 12.7. The predicted molar refractivity (Wildman–Crippen MR) is 77.2 cm³/mol. The molecule has 114 valence electrons. The highest BCUT2D eigenvalue weighted by Gasteiger charge is 2.32. The minimum Gasteiger partial charge on any atom is -0.481 e. The van der Waals surface area contributed by atoms with E-state index in [0.717, 1.165) is 18.5 Å². The number of carbonyl (C=O) groups is 2. The highest BCUT2D eigenvalue weighted by atomic mass is 16.4. The summed E-state index contributed by atoms with van der Waals surface area (Å²) in [5.74, 6) is -0.267. The Balaban J connectivity index is 2.29. The minimum atomic E-state index is -0.871. The average molecular weight is 291 g/mol. The molecule has 0 bridgehead atoms. The van der Waals surface area contributed by atoms with Gasteiger partial charge < -0.3 is 10.0 Å². The highest BCUT2D eigenvalue weighted by molar-refractivity contribution is 5.95. The fourth-order valence-electron chi connectivity index (χ4n) is 2.76. The van der Waals surface area contributed by atoms with Crippen LogP contribution in [0.25, 0.3) is 0 Å². The lowest BCUT2D eigenvalue weighted by Crippen LogP contribution is -2.37. The van der Waals surface area contributed by atoms with Crippen molar-refractivity contribution in [3.8, 4) is 0 Å². The third kappa shape index (κ3) is 3.37. The van der Waals surface area contributed by atoms with Crippen LogP contribution < -0.4 is 0 Å². The molecule has 1 amide bonds. The zero-order chi connectivity index (χ0) is 15.6. The molecule has 0 saturated carbocycles. The van der Waals surface area contributed by atoms with E-state index in [9.17, 15) is 9.59 Å². The van der Waals surface area contributed by atoms with Crippen LogP contribution in [0.4, 0.5) is 0 Å². The zero-order valence-electron chi connectivity index (χ0n) is 12.7. The van der Waals surface area contributed by atoms with Gasteiger partial charge in [0.2, 0.25) is 0 Å². The Bertz CT molecular complexity index is 557. The Hall–Kier alpha value is -1.98. The van der Waals surface area contributed by atoms with Gasteiger partial charge in [0.15, 0.2) is 0 Å². The zero-order valence-corrected chi connectivity index (χ0v) is 12.7. The molecule has 0 aliphatic carbocycles. The number of carbonyl (C=O) groups excluding carboxylic acids is 1. The lowest BCUT2D eigenvalue weighted by Gasteiger charge is -2.24. The molecule has 0 aromatic carbocycles. The molecule has 1 aliphatic rings. The molecule has 1 fully saturated rings. The van der Waals surface area contributed by atoms with Gasteiger partial charge in [-0.2, -0.15) is 0 Å². The van der Waals surface area contributed by atoms with E-state index in [2.05, 4.69) is 9.97 Å². The third-order valence-corrected chi connectivity index (χ3v) is 3.76. The first kappa shape index (κ1) is 15.4. The van der Waals surface area contributed by atoms with Crippen molar-refractivity contribution in [1.82, 2.24) is 14.9 Å². The second-order valence-corrected chi connectivity index (χ2v) is 5.76. The van der Waals surface area contributed by atoms with Crippen molar-refractivity contribution in [1.29, 1.82) is 0 Å². The summed E-state index contributed by atoms with van der Waals surface area (Å²) in [5.41, 5.74) is 1.22. The van der Waals surface area contributed by atoms with Crippen molar-refractivity contribution < 1.29 is 14.7 Å². The largest absolute Gasteiger partial charge is 0.481 e. The SMILES string of the molecule is Cc1ncc(C(=O)N2CCCC2CC(=O)O)c(C(C)C)n1. The van der Waals surface area contributed by atoms with Gasteiger partial charge >= 0.3 is 5.97 Å². The van der Waals surface area contributed by atoms with E-state index in [1.54, 1.807) is 18.0 Å². The molecule has 1 saturated heterocycles. The number of hydrogen-bond acceptors (Lipinski definition) is 4. The second kappa shape index (κ2) is 6.20. The number of aliphatic carboxylic acids is 1. The van der Waals surface area contributed by atoms with Crippen LogP contribution in [0.2, 0.25) is 0 Å². The number of likely N-dealkylation sites (tertiary alicyclic amines) is 1. The van der Waals surface area contributed by atoms with Crippen LogP contribution in [0.3, 0.4) is 0 Å². The predicted octanol–water partition coefficient (Wildman–Crippen LogP) is 1.99. The van der Waals surface area contributed by atoms with Crippen LogP contribution in [0.1, 0.15) is 60.9 Å². The van der Waals surface area contributed by atoms with Crippen molar-refractivity contribution in [2.75, 3.05) is 6.54 Å². The van der Waals surface area contributed by atoms with E-state index in [0.29, 0.717) is 17.9 Å². The standard InChI is InChI=1S/C15H21N3O3/c1-9(2)14-12(8-16-10(3)17-14)15(21)18-6-4-5-11(18)7-13(19)20/h8-9,11H,4-7H2,1-3H3,(H,19,20). The van der Waals surface area contributed by atoms with Gasteiger partial charge in [-0.1, -0.05) is 13.8 Å². The summed E-state index contributed by atoms with van der Waals surface area (Å²) < 4.78 is 0. The fraction of sp³-hybridized carbons (Fsp3) is 0.600. The lowest BCUT2D eigenvalue weighted by atomic mass is 10.0. The van der Waals surface area contributed by atoms with Crippen LogP contribution in [0.15, 0.2) is 6.20 Å². The Morgan fingerprint density at radius 2 is 2.19 bits per heavy atom. The molecule has 0 spiro atoms. The van der Waals surface area contributed by atoms with Gasteiger partial charge in [0.1, 0.15) is 5.82 Å². The number of aryl methyl sites for hydroxylation is 1. The summed E-state index contributed by atoms with van der Waals surface area (Å²) in [5, 5.41) is 8.96. The summed E-state index contributed by atoms with van der Waals surface area (Å²) in [4.78, 5) is 33.8. The maximum Gasteiger partial charge on any atom is 0.305 e. The van der Waals surface area contributed by atoms with E-state index >= 15 is 0 Å². The van der Waals surface area contributed by atoms with E-state index in [4.69, 9.17) is 5.11 Å². The van der Waals surface area contributed by atoms with Crippen molar-refractivity contribution in [2.45, 2.75) is 52.0 Å². The Morgan fingerprint density at radius 3 is 2.81 bits per heavy atom. The number of carboxylic acid groups (broad SMARTS) is 1. The first-order chi connectivity index (χ1) is 9.90. The molecular weight excluding hydrogens is 270 g/mol. The lowest BCUT2D eigenvalue weighted by molar-refractivity contribution is -0.137. The van der Waals surface area contributed by atoms with Gasteiger partial charge in [-0.3, -0.25) is 9.59 Å². The summed E-state index contributed by atoms with van der Waals surface area (Å²) in [6, 6.07) is -0.226. The normalized spacial score (nSPS) is 18.3. The van der Waals surface area contributed by atoms with Gasteiger partial charge in [0, 0.05) is 18.8 Å². The monoisotopic (exact) mass is 291 g/mol. The quantitative estimate of drug-likeness (QED) is 0.917. The topological polar surface area (TPSA) is 83.4 Å². The summed E-state index contributed by atoms with van der Waals surface area (Å²) in [6.07, 6.45) is 3.14. The van der Waals surface area contributed by atoms with E-state index in [1.807, 2.05) is 13.8 Å². The molecule has 1 aliphatic heterocycles. The van der Waals surface area contributed by atoms with E-state index < -0.39 is 5.97 Å². The molecule has 0 radical (unpaired) electrons.